The molecular formula is C7H17N3O3. The summed E-state index contributed by atoms with van der Waals surface area (Å²) in [6.07, 6.45) is 0. The fourth-order valence-corrected chi connectivity index (χ4v) is 0.829. The Morgan fingerprint density at radius 2 is 1.77 bits per heavy atom. The van der Waals surface area contributed by atoms with E-state index in [-0.39, 0.29) is 16.4 Å². The molecule has 0 radical (unpaired) electrons. The van der Waals surface area contributed by atoms with Crippen LogP contribution in [0, 0.1) is 10.4 Å². The van der Waals surface area contributed by atoms with Crippen LogP contribution in [0.1, 0.15) is 20.8 Å². The third kappa shape index (κ3) is 3.06. The average molecular weight is 191 g/mol. The molecule has 0 rings (SSSR count). The third-order valence-electron chi connectivity index (χ3n) is 1.78. The summed E-state index contributed by atoms with van der Waals surface area (Å²) in [7, 11) is 0. The monoisotopic (exact) mass is 191 g/mol. The molecule has 0 bridgehead atoms. The molecule has 0 aromatic carbocycles. The number of hydrogen-bond donors (Lipinski definition) is 1. The highest BCUT2D eigenvalue weighted by atomic mass is 16.6. The predicted octanol–water partition coefficient (Wildman–Crippen LogP) is 0.0968. The highest BCUT2D eigenvalue weighted by molar-refractivity contribution is 4.38. The van der Waals surface area contributed by atoms with Crippen LogP contribution < -0.4 is 0 Å². The summed E-state index contributed by atoms with van der Waals surface area (Å²) in [4.78, 5) is 0.480. The van der Waals surface area contributed by atoms with Crippen LogP contribution >= 0.6 is 0 Å². The molecule has 1 atom stereocenters. The number of aliphatic hydroxyl groups is 1. The lowest BCUT2D eigenvalue weighted by atomic mass is 10.4. The number of nitrogens with zero attached hydrogens (tertiary/aromatic N) is 3. The zero-order chi connectivity index (χ0) is 10.4. The van der Waals surface area contributed by atoms with E-state index in [1.807, 2.05) is 0 Å². The highest BCUT2D eigenvalue weighted by Crippen LogP contribution is 1.93. The van der Waals surface area contributed by atoms with Crippen molar-refractivity contribution in [2.45, 2.75) is 26.8 Å². The summed E-state index contributed by atoms with van der Waals surface area (Å²) in [6, 6.07) is -0.710. The van der Waals surface area contributed by atoms with E-state index < -0.39 is 6.04 Å². The maximum atomic E-state index is 11.3. The molecule has 0 spiro atoms. The number of hydrazine groups is 1. The van der Waals surface area contributed by atoms with Crippen LogP contribution in [0.25, 0.3) is 0 Å². The lowest BCUT2D eigenvalue weighted by molar-refractivity contribution is -1.05. The van der Waals surface area contributed by atoms with Crippen LogP contribution in [0.3, 0.4) is 0 Å². The van der Waals surface area contributed by atoms with E-state index in [1.165, 1.54) is 11.9 Å². The number of hydroxylamine groups is 1. The van der Waals surface area contributed by atoms with Gasteiger partial charge in [-0.05, 0) is 30.6 Å². The van der Waals surface area contributed by atoms with Crippen molar-refractivity contribution in [2.24, 2.45) is 0 Å². The van der Waals surface area contributed by atoms with Gasteiger partial charge >= 0.3 is 0 Å². The Kier molecular flexibility index (Phi) is 5.13. The van der Waals surface area contributed by atoms with E-state index in [1.54, 1.807) is 13.8 Å². The Morgan fingerprint density at radius 3 is 2.08 bits per heavy atom. The van der Waals surface area contributed by atoms with Crippen molar-refractivity contribution in [3.05, 3.63) is 10.4 Å². The normalized spacial score (nSPS) is 15.1. The summed E-state index contributed by atoms with van der Waals surface area (Å²) in [5, 5.41) is 32.4. The smallest absolute Gasteiger partial charge is 0.182 e. The van der Waals surface area contributed by atoms with Gasteiger partial charge in [-0.1, -0.05) is 0 Å². The molecule has 0 heterocycles. The minimum Gasteiger partial charge on any atom is -0.662 e. The maximum absolute atomic E-state index is 11.3. The molecule has 0 aliphatic rings. The van der Waals surface area contributed by atoms with Crippen LogP contribution in [-0.2, 0) is 0 Å². The van der Waals surface area contributed by atoms with Gasteiger partial charge < -0.3 is 15.5 Å². The Hall–Kier alpha value is -1.04. The molecule has 6 nitrogen and oxygen atoms in total. The Bertz CT molecular complexity index is 180. The van der Waals surface area contributed by atoms with E-state index in [0.29, 0.717) is 13.1 Å². The lowest BCUT2D eigenvalue weighted by Crippen LogP contribution is -2.39. The van der Waals surface area contributed by atoms with Gasteiger partial charge in [-0.3, -0.25) is 0 Å². The molecule has 0 fully saturated rings. The molecule has 0 saturated heterocycles. The van der Waals surface area contributed by atoms with Gasteiger partial charge in [0, 0.05) is 0 Å². The fraction of sp³-hybridized carbons (Fsp3) is 1.00. The van der Waals surface area contributed by atoms with Gasteiger partial charge in [-0.25, -0.2) is 0 Å². The molecule has 6 heteroatoms. The third-order valence-corrected chi connectivity index (χ3v) is 1.78. The second-order valence-electron chi connectivity index (χ2n) is 2.73. The van der Waals surface area contributed by atoms with Crippen molar-refractivity contribution >= 4 is 0 Å². The van der Waals surface area contributed by atoms with Crippen molar-refractivity contribution in [1.82, 2.24) is 5.01 Å². The minimum absolute atomic E-state index is 0.229. The van der Waals surface area contributed by atoms with E-state index in [0.717, 1.165) is 0 Å². The first-order chi connectivity index (χ1) is 6.08. The van der Waals surface area contributed by atoms with Gasteiger partial charge in [0.15, 0.2) is 11.0 Å². The van der Waals surface area contributed by atoms with Gasteiger partial charge in [0.2, 0.25) is 0 Å². The van der Waals surface area contributed by atoms with Crippen molar-refractivity contribution in [3.8, 4) is 0 Å². The summed E-state index contributed by atoms with van der Waals surface area (Å²) in [5.74, 6) is 0. The zero-order valence-corrected chi connectivity index (χ0v) is 8.30. The van der Waals surface area contributed by atoms with Crippen LogP contribution in [0.15, 0.2) is 0 Å². The first kappa shape index (κ1) is 12.0. The van der Waals surface area contributed by atoms with E-state index in [4.69, 9.17) is 5.11 Å². The molecule has 0 aliphatic heterocycles. The average Bonchev–Trinajstić information content (AvgIpc) is 2.17. The predicted molar refractivity (Wildman–Crippen MR) is 46.7 cm³/mol. The standard InChI is InChI=1S/C7H17N3O3/c1-4-8(5-2)10(13)9(12)7(3)6-11/h7,11H,4-6H2,1-3H3/b10-9+. The van der Waals surface area contributed by atoms with E-state index in [9.17, 15) is 10.4 Å². The molecule has 0 aromatic heterocycles. The molecule has 78 valence electrons. The van der Waals surface area contributed by atoms with Crippen molar-refractivity contribution in [3.63, 3.8) is 0 Å². The SMILES string of the molecule is CCN(CC)/[N+]([O-])=[N+](\[O-])C(C)CO. The van der Waals surface area contributed by atoms with Crippen LogP contribution in [0.2, 0.25) is 0 Å². The first-order valence-corrected chi connectivity index (χ1v) is 4.37. The van der Waals surface area contributed by atoms with Gasteiger partial charge in [-0.15, -0.1) is 0 Å². The van der Waals surface area contributed by atoms with Crippen molar-refractivity contribution in [2.75, 3.05) is 19.7 Å². The molecule has 1 N–H and O–H groups in total. The summed E-state index contributed by atoms with van der Waals surface area (Å²) in [6.45, 7) is 5.66. The topological polar surface area (TPSA) is 75.6 Å². The summed E-state index contributed by atoms with van der Waals surface area (Å²) in [5.41, 5.74) is 0. The van der Waals surface area contributed by atoms with Gasteiger partial charge in [0.25, 0.3) is 0 Å². The van der Waals surface area contributed by atoms with Gasteiger partial charge in [0.1, 0.15) is 13.1 Å². The van der Waals surface area contributed by atoms with Crippen LogP contribution in [0.5, 0.6) is 0 Å². The highest BCUT2D eigenvalue weighted by Gasteiger charge is 2.19. The van der Waals surface area contributed by atoms with E-state index in [2.05, 4.69) is 0 Å². The molecule has 1 unspecified atom stereocenters. The molecule has 0 amide bonds. The lowest BCUT2D eigenvalue weighted by Gasteiger charge is -2.16. The summed E-state index contributed by atoms with van der Waals surface area (Å²) < 4.78 is 0. The molecule has 13 heavy (non-hydrogen) atoms. The number of rotatable bonds is 5. The second-order valence-corrected chi connectivity index (χ2v) is 2.73. The van der Waals surface area contributed by atoms with Crippen molar-refractivity contribution < 1.29 is 14.9 Å². The Labute approximate surface area is 77.8 Å². The number of hydrogen-bond acceptors (Lipinski definition) is 3. The van der Waals surface area contributed by atoms with Gasteiger partial charge in [-0.2, -0.15) is 0 Å². The second kappa shape index (κ2) is 5.58. The van der Waals surface area contributed by atoms with Crippen LogP contribution in [-0.4, -0.2) is 45.7 Å². The molecule has 0 aliphatic carbocycles. The molecule has 0 saturated carbocycles. The quantitative estimate of drug-likeness (QED) is 0.380. The maximum Gasteiger partial charge on any atom is 0.182 e. The van der Waals surface area contributed by atoms with Gasteiger partial charge in [0.05, 0.1) is 6.61 Å². The minimum atomic E-state index is -0.710. The Balaban J connectivity index is 4.56. The van der Waals surface area contributed by atoms with Crippen molar-refractivity contribution in [1.29, 1.82) is 0 Å². The molecular weight excluding hydrogens is 174 g/mol. The largest absolute Gasteiger partial charge is 0.662 e. The zero-order valence-electron chi connectivity index (χ0n) is 8.30. The molecule has 0 aromatic rings. The Morgan fingerprint density at radius 1 is 1.31 bits per heavy atom. The first-order valence-electron chi connectivity index (χ1n) is 4.37. The van der Waals surface area contributed by atoms with E-state index >= 15 is 0 Å². The number of aliphatic hydroxyl groups excluding tert-OH is 1. The van der Waals surface area contributed by atoms with Crippen LogP contribution in [0.4, 0.5) is 0 Å². The summed E-state index contributed by atoms with van der Waals surface area (Å²) >= 11 is 0. The fourth-order valence-electron chi connectivity index (χ4n) is 0.829.